The van der Waals surface area contributed by atoms with Crippen molar-refractivity contribution in [1.82, 2.24) is 30.6 Å². The molecule has 1 saturated heterocycles. The first-order valence-electron chi connectivity index (χ1n) is 8.65. The third-order valence-corrected chi connectivity index (χ3v) is 4.70. The summed E-state index contributed by atoms with van der Waals surface area (Å²) >= 11 is 0. The molecule has 3 heterocycles. The number of nitrogens with zero attached hydrogens (tertiary/aromatic N) is 4. The van der Waals surface area contributed by atoms with Gasteiger partial charge < -0.3 is 15.2 Å². The third-order valence-electron chi connectivity index (χ3n) is 4.70. The van der Waals surface area contributed by atoms with Crippen LogP contribution >= 0.6 is 12.4 Å². The summed E-state index contributed by atoms with van der Waals surface area (Å²) < 4.78 is 7.03. The van der Waals surface area contributed by atoms with E-state index in [0.29, 0.717) is 24.6 Å². The zero-order valence-electron chi connectivity index (χ0n) is 14.7. The Morgan fingerprint density at radius 1 is 1.22 bits per heavy atom. The Morgan fingerprint density at radius 3 is 2.70 bits per heavy atom. The Balaban J connectivity index is 0.00000210. The predicted octanol–water partition coefficient (Wildman–Crippen LogP) is 1.75. The second-order valence-corrected chi connectivity index (χ2v) is 6.29. The molecule has 2 aromatic heterocycles. The number of carbonyl (C=O) groups is 1. The first-order chi connectivity index (χ1) is 12.8. The Morgan fingerprint density at radius 2 is 2.00 bits per heavy atom. The molecule has 1 amide bonds. The monoisotopic (exact) mass is 388 g/mol. The van der Waals surface area contributed by atoms with E-state index in [-0.39, 0.29) is 24.9 Å². The van der Waals surface area contributed by atoms with Gasteiger partial charge in [0.2, 0.25) is 17.6 Å². The van der Waals surface area contributed by atoms with Gasteiger partial charge in [0.15, 0.2) is 0 Å². The summed E-state index contributed by atoms with van der Waals surface area (Å²) in [6.45, 7) is 1.73. The fraction of sp³-hybridized carbons (Fsp3) is 0.333. The fourth-order valence-corrected chi connectivity index (χ4v) is 3.27. The normalized spacial score (nSPS) is 15.7. The summed E-state index contributed by atoms with van der Waals surface area (Å²) in [5, 5.41) is 14.5. The largest absolute Gasteiger partial charge is 0.345 e. The molecule has 0 unspecified atom stereocenters. The molecule has 8 nitrogen and oxygen atoms in total. The van der Waals surface area contributed by atoms with Crippen LogP contribution in [-0.2, 0) is 16.9 Å². The van der Waals surface area contributed by atoms with Gasteiger partial charge in [-0.25, -0.2) is 0 Å². The highest BCUT2D eigenvalue weighted by atomic mass is 35.5. The van der Waals surface area contributed by atoms with Crippen molar-refractivity contribution >= 4 is 18.3 Å². The van der Waals surface area contributed by atoms with E-state index in [1.54, 1.807) is 10.9 Å². The molecule has 1 aliphatic heterocycles. The van der Waals surface area contributed by atoms with E-state index in [1.807, 2.05) is 42.6 Å². The van der Waals surface area contributed by atoms with Gasteiger partial charge in [0.1, 0.15) is 5.54 Å². The molecule has 0 atom stereocenters. The van der Waals surface area contributed by atoms with Crippen molar-refractivity contribution in [2.24, 2.45) is 0 Å². The third kappa shape index (κ3) is 3.86. The quantitative estimate of drug-likeness (QED) is 0.691. The van der Waals surface area contributed by atoms with Crippen molar-refractivity contribution in [3.05, 3.63) is 54.7 Å². The molecular weight excluding hydrogens is 368 g/mol. The molecule has 27 heavy (non-hydrogen) atoms. The van der Waals surface area contributed by atoms with Gasteiger partial charge in [0.05, 0.1) is 6.54 Å². The maximum atomic E-state index is 13.0. The van der Waals surface area contributed by atoms with E-state index >= 15 is 0 Å². The number of amides is 1. The highest BCUT2D eigenvalue weighted by Gasteiger charge is 2.41. The number of piperidine rings is 1. The lowest BCUT2D eigenvalue weighted by atomic mass is 9.87. The van der Waals surface area contributed by atoms with Crippen molar-refractivity contribution in [3.8, 4) is 11.4 Å². The molecule has 0 saturated carbocycles. The van der Waals surface area contributed by atoms with Crippen molar-refractivity contribution in [2.75, 3.05) is 13.1 Å². The van der Waals surface area contributed by atoms with Crippen molar-refractivity contribution in [1.29, 1.82) is 0 Å². The number of aromatic nitrogens is 4. The van der Waals surface area contributed by atoms with Gasteiger partial charge in [-0.1, -0.05) is 35.5 Å². The number of hydrogen-bond acceptors (Lipinski definition) is 6. The number of nitrogens with one attached hydrogen (secondary N) is 2. The van der Waals surface area contributed by atoms with Crippen LogP contribution < -0.4 is 10.6 Å². The van der Waals surface area contributed by atoms with Crippen LogP contribution in [0.2, 0.25) is 0 Å². The standard InChI is InChI=1S/C18H20N6O2.ClH/c25-17(18(7-10-19-11-8-18)24-12-4-9-21-24)20-13-15-22-16(23-26-15)14-5-2-1-3-6-14;/h1-6,9,12,19H,7-8,10-11,13H2,(H,20,25);1H. The lowest BCUT2D eigenvalue weighted by Crippen LogP contribution is -2.54. The summed E-state index contributed by atoms with van der Waals surface area (Å²) in [6, 6.07) is 11.4. The average molecular weight is 389 g/mol. The minimum atomic E-state index is -0.684. The van der Waals surface area contributed by atoms with E-state index in [0.717, 1.165) is 18.7 Å². The average Bonchev–Trinajstić information content (AvgIpc) is 3.39. The molecule has 142 valence electrons. The summed E-state index contributed by atoms with van der Waals surface area (Å²) in [6.07, 6.45) is 4.89. The molecule has 0 aliphatic carbocycles. The van der Waals surface area contributed by atoms with Gasteiger partial charge >= 0.3 is 0 Å². The molecule has 4 rings (SSSR count). The maximum absolute atomic E-state index is 13.0. The molecule has 1 aliphatic rings. The van der Waals surface area contributed by atoms with Crippen LogP contribution in [0.5, 0.6) is 0 Å². The SMILES string of the molecule is Cl.O=C(NCc1nc(-c2ccccc2)no1)C1(n2cccn2)CCNCC1. The number of carbonyl (C=O) groups excluding carboxylic acids is 1. The summed E-state index contributed by atoms with van der Waals surface area (Å²) in [4.78, 5) is 17.3. The van der Waals surface area contributed by atoms with Gasteiger partial charge in [-0.05, 0) is 32.0 Å². The molecule has 9 heteroatoms. The van der Waals surface area contributed by atoms with Crippen molar-refractivity contribution in [3.63, 3.8) is 0 Å². The van der Waals surface area contributed by atoms with Crippen LogP contribution in [-0.4, -0.2) is 38.9 Å². The summed E-state index contributed by atoms with van der Waals surface area (Å²) in [7, 11) is 0. The van der Waals surface area contributed by atoms with Gasteiger partial charge in [0, 0.05) is 18.0 Å². The second-order valence-electron chi connectivity index (χ2n) is 6.29. The summed E-state index contributed by atoms with van der Waals surface area (Å²) in [5.41, 5.74) is 0.192. The van der Waals surface area contributed by atoms with E-state index in [2.05, 4.69) is 25.9 Å². The van der Waals surface area contributed by atoms with Gasteiger partial charge in [-0.3, -0.25) is 9.48 Å². The number of halogens is 1. The van der Waals surface area contributed by atoms with Crippen molar-refractivity contribution in [2.45, 2.75) is 24.9 Å². The number of benzene rings is 1. The lowest BCUT2D eigenvalue weighted by Gasteiger charge is -2.36. The molecule has 1 aromatic carbocycles. The zero-order valence-corrected chi connectivity index (χ0v) is 15.5. The van der Waals surface area contributed by atoms with Crippen LogP contribution in [0, 0.1) is 0 Å². The van der Waals surface area contributed by atoms with Crippen LogP contribution in [0.4, 0.5) is 0 Å². The number of rotatable bonds is 5. The van der Waals surface area contributed by atoms with E-state index < -0.39 is 5.54 Å². The highest BCUT2D eigenvalue weighted by molar-refractivity contribution is 5.85. The van der Waals surface area contributed by atoms with Crippen LogP contribution in [0.15, 0.2) is 53.3 Å². The van der Waals surface area contributed by atoms with Gasteiger partial charge in [-0.15, -0.1) is 12.4 Å². The Hall–Kier alpha value is -2.71. The maximum Gasteiger partial charge on any atom is 0.248 e. The highest BCUT2D eigenvalue weighted by Crippen LogP contribution is 2.27. The second kappa shape index (κ2) is 8.32. The smallest absolute Gasteiger partial charge is 0.248 e. The van der Waals surface area contributed by atoms with Crippen molar-refractivity contribution < 1.29 is 9.32 Å². The zero-order chi connectivity index (χ0) is 17.8. The number of hydrogen-bond donors (Lipinski definition) is 2. The van der Waals surface area contributed by atoms with Gasteiger partial charge in [-0.2, -0.15) is 10.1 Å². The van der Waals surface area contributed by atoms with Crippen LogP contribution in [0.3, 0.4) is 0 Å². The molecule has 2 N–H and O–H groups in total. The minimum Gasteiger partial charge on any atom is -0.345 e. The lowest BCUT2D eigenvalue weighted by molar-refractivity contribution is -0.132. The van der Waals surface area contributed by atoms with E-state index in [1.165, 1.54) is 0 Å². The first-order valence-corrected chi connectivity index (χ1v) is 8.65. The molecule has 0 radical (unpaired) electrons. The summed E-state index contributed by atoms with van der Waals surface area (Å²) in [5.74, 6) is 0.808. The molecule has 3 aromatic rings. The first kappa shape index (κ1) is 19.1. The van der Waals surface area contributed by atoms with Gasteiger partial charge in [0.25, 0.3) is 0 Å². The molecular formula is C18H21ClN6O2. The molecule has 0 bridgehead atoms. The Kier molecular flexibility index (Phi) is 5.88. The fourth-order valence-electron chi connectivity index (χ4n) is 3.27. The van der Waals surface area contributed by atoms with Crippen LogP contribution in [0.1, 0.15) is 18.7 Å². The minimum absolute atomic E-state index is 0. The predicted molar refractivity (Wildman–Crippen MR) is 101 cm³/mol. The molecule has 1 fully saturated rings. The van der Waals surface area contributed by atoms with E-state index in [4.69, 9.17) is 4.52 Å². The Labute approximate surface area is 162 Å². The molecule has 0 spiro atoms. The van der Waals surface area contributed by atoms with Crippen LogP contribution in [0.25, 0.3) is 11.4 Å². The van der Waals surface area contributed by atoms with E-state index in [9.17, 15) is 4.79 Å². The Bertz CT molecular complexity index is 859. The topological polar surface area (TPSA) is 97.9 Å².